The van der Waals surface area contributed by atoms with Gasteiger partial charge in [0, 0.05) is 18.9 Å². The molecule has 0 aromatic carbocycles. The molecular weight excluding hydrogens is 292 g/mol. The minimum Gasteiger partial charge on any atom is -0.372 e. The molecule has 6 nitrogen and oxygen atoms in total. The second-order valence-electron chi connectivity index (χ2n) is 5.56. The predicted molar refractivity (Wildman–Crippen MR) is 77.1 cm³/mol. The van der Waals surface area contributed by atoms with Gasteiger partial charge in [0.25, 0.3) is 0 Å². The van der Waals surface area contributed by atoms with Gasteiger partial charge in [-0.25, -0.2) is 8.42 Å². The Morgan fingerprint density at radius 2 is 2.33 bits per heavy atom. The normalized spacial score (nSPS) is 30.2. The van der Waals surface area contributed by atoms with Crippen molar-refractivity contribution in [3.05, 3.63) is 30.1 Å². The highest BCUT2D eigenvalue weighted by Gasteiger charge is 2.46. The van der Waals surface area contributed by atoms with E-state index in [9.17, 15) is 8.42 Å². The van der Waals surface area contributed by atoms with Crippen LogP contribution < -0.4 is 0 Å². The molecule has 116 valence electrons. The predicted octanol–water partition coefficient (Wildman–Crippen LogP) is 0.790. The molecule has 1 aliphatic heterocycles. The van der Waals surface area contributed by atoms with E-state index in [-0.39, 0.29) is 18.2 Å². The Morgan fingerprint density at radius 1 is 1.48 bits per heavy atom. The first-order valence-corrected chi connectivity index (χ1v) is 8.99. The first-order valence-electron chi connectivity index (χ1n) is 7.14. The van der Waals surface area contributed by atoms with Crippen LogP contribution in [0.5, 0.6) is 0 Å². The van der Waals surface area contributed by atoms with Gasteiger partial charge in [-0.3, -0.25) is 4.98 Å². The lowest BCUT2D eigenvalue weighted by atomic mass is 10.1. The van der Waals surface area contributed by atoms with Crippen LogP contribution in [0.15, 0.2) is 24.5 Å². The van der Waals surface area contributed by atoms with Crippen LogP contribution in [-0.2, 0) is 26.1 Å². The Labute approximate surface area is 125 Å². The minimum atomic E-state index is -3.18. The van der Waals surface area contributed by atoms with Crippen molar-refractivity contribution in [1.29, 1.82) is 0 Å². The van der Waals surface area contributed by atoms with Crippen LogP contribution in [0.1, 0.15) is 18.4 Å². The molecule has 2 aliphatic rings. The van der Waals surface area contributed by atoms with E-state index in [0.29, 0.717) is 19.8 Å². The second-order valence-corrected chi connectivity index (χ2v) is 7.50. The molecule has 1 saturated heterocycles. The molecule has 0 bridgehead atoms. The second kappa shape index (κ2) is 6.00. The zero-order valence-electron chi connectivity index (χ0n) is 12.0. The number of morpholine rings is 1. The van der Waals surface area contributed by atoms with E-state index < -0.39 is 10.0 Å². The lowest BCUT2D eigenvalue weighted by molar-refractivity contribution is -0.100. The van der Waals surface area contributed by atoms with E-state index in [0.717, 1.165) is 18.4 Å². The number of fused-ring (bicyclic) bond motifs is 1. The summed E-state index contributed by atoms with van der Waals surface area (Å²) < 4.78 is 37.0. The maximum atomic E-state index is 11.8. The SMILES string of the molecule is CS(=O)(=O)N1CCO[C@H]2[C@@H](OCc3cccnc3)CC[C@@H]21. The zero-order valence-corrected chi connectivity index (χ0v) is 12.8. The van der Waals surface area contributed by atoms with Crippen molar-refractivity contribution in [3.8, 4) is 0 Å². The summed E-state index contributed by atoms with van der Waals surface area (Å²) in [6, 6.07) is 3.75. The number of rotatable bonds is 4. The third-order valence-corrected chi connectivity index (χ3v) is 5.40. The van der Waals surface area contributed by atoms with E-state index in [1.54, 1.807) is 16.7 Å². The molecule has 0 N–H and O–H groups in total. The van der Waals surface area contributed by atoms with Crippen molar-refractivity contribution in [3.63, 3.8) is 0 Å². The first kappa shape index (κ1) is 14.9. The molecule has 7 heteroatoms. The molecule has 2 fully saturated rings. The summed E-state index contributed by atoms with van der Waals surface area (Å²) in [5.74, 6) is 0. The van der Waals surface area contributed by atoms with Crippen LogP contribution in [0.3, 0.4) is 0 Å². The number of hydrogen-bond donors (Lipinski definition) is 0. The average Bonchev–Trinajstić information content (AvgIpc) is 2.88. The van der Waals surface area contributed by atoms with Crippen LogP contribution in [0.4, 0.5) is 0 Å². The monoisotopic (exact) mass is 312 g/mol. The quantitative estimate of drug-likeness (QED) is 0.822. The number of aromatic nitrogens is 1. The Kier molecular flexibility index (Phi) is 4.26. The van der Waals surface area contributed by atoms with E-state index >= 15 is 0 Å². The maximum Gasteiger partial charge on any atom is 0.211 e. The van der Waals surface area contributed by atoms with E-state index in [1.807, 2.05) is 12.1 Å². The number of nitrogens with zero attached hydrogens (tertiary/aromatic N) is 2. The molecule has 3 atom stereocenters. The molecule has 2 heterocycles. The fourth-order valence-electron chi connectivity index (χ4n) is 3.16. The third-order valence-electron chi connectivity index (χ3n) is 4.10. The largest absolute Gasteiger partial charge is 0.372 e. The van der Waals surface area contributed by atoms with Crippen molar-refractivity contribution in [2.45, 2.75) is 37.7 Å². The molecule has 1 aliphatic carbocycles. The highest BCUT2D eigenvalue weighted by molar-refractivity contribution is 7.88. The number of ether oxygens (including phenoxy) is 2. The number of sulfonamides is 1. The number of hydrogen-bond acceptors (Lipinski definition) is 5. The zero-order chi connectivity index (χ0) is 14.9. The van der Waals surface area contributed by atoms with E-state index in [2.05, 4.69) is 4.98 Å². The van der Waals surface area contributed by atoms with Gasteiger partial charge in [0.05, 0.1) is 31.6 Å². The molecule has 0 unspecified atom stereocenters. The smallest absolute Gasteiger partial charge is 0.211 e. The summed E-state index contributed by atoms with van der Waals surface area (Å²) in [6.07, 6.45) is 6.15. The first-order chi connectivity index (χ1) is 10.1. The Hall–Kier alpha value is -1.02. The fraction of sp³-hybridized carbons (Fsp3) is 0.643. The van der Waals surface area contributed by atoms with Gasteiger partial charge in [-0.15, -0.1) is 0 Å². The summed E-state index contributed by atoms with van der Waals surface area (Å²) in [6.45, 7) is 1.35. The fourth-order valence-corrected chi connectivity index (χ4v) is 4.28. The van der Waals surface area contributed by atoms with Crippen LogP contribution in [0.2, 0.25) is 0 Å². The summed E-state index contributed by atoms with van der Waals surface area (Å²) >= 11 is 0. The van der Waals surface area contributed by atoms with Crippen molar-refractivity contribution in [2.75, 3.05) is 19.4 Å². The standard InChI is InChI=1S/C14H20N2O4S/c1-21(17,18)16-7-8-19-14-12(16)4-5-13(14)20-10-11-3-2-6-15-9-11/h2-3,6,9,12-14H,4-5,7-8,10H2,1H3/t12-,13-,14+/m0/s1. The van der Waals surface area contributed by atoms with Gasteiger partial charge in [-0.1, -0.05) is 6.07 Å². The molecular formula is C14H20N2O4S. The van der Waals surface area contributed by atoms with Crippen molar-refractivity contribution in [2.24, 2.45) is 0 Å². The lowest BCUT2D eigenvalue weighted by Crippen LogP contribution is -2.53. The molecule has 0 spiro atoms. The minimum absolute atomic E-state index is 0.0558. The highest BCUT2D eigenvalue weighted by Crippen LogP contribution is 2.33. The molecule has 3 rings (SSSR count). The lowest BCUT2D eigenvalue weighted by Gasteiger charge is -2.37. The van der Waals surface area contributed by atoms with Crippen molar-refractivity contribution in [1.82, 2.24) is 9.29 Å². The third kappa shape index (κ3) is 3.26. The molecule has 0 radical (unpaired) electrons. The molecule has 1 saturated carbocycles. The Balaban J connectivity index is 1.64. The summed E-state index contributed by atoms with van der Waals surface area (Å²) in [7, 11) is -3.18. The molecule has 1 aromatic heterocycles. The summed E-state index contributed by atoms with van der Waals surface area (Å²) in [5, 5.41) is 0. The van der Waals surface area contributed by atoms with Crippen LogP contribution >= 0.6 is 0 Å². The highest BCUT2D eigenvalue weighted by atomic mass is 32.2. The molecule has 0 amide bonds. The van der Waals surface area contributed by atoms with Gasteiger partial charge < -0.3 is 9.47 Å². The number of pyridine rings is 1. The van der Waals surface area contributed by atoms with Crippen molar-refractivity contribution < 1.29 is 17.9 Å². The summed E-state index contributed by atoms with van der Waals surface area (Å²) in [5.41, 5.74) is 1.01. The molecule has 21 heavy (non-hydrogen) atoms. The van der Waals surface area contributed by atoms with Crippen LogP contribution in [0, 0.1) is 0 Å². The summed E-state index contributed by atoms with van der Waals surface area (Å²) in [4.78, 5) is 4.06. The Morgan fingerprint density at radius 3 is 3.05 bits per heavy atom. The average molecular weight is 312 g/mol. The van der Waals surface area contributed by atoms with E-state index in [4.69, 9.17) is 9.47 Å². The molecule has 1 aromatic rings. The van der Waals surface area contributed by atoms with Gasteiger partial charge in [-0.05, 0) is 24.5 Å². The van der Waals surface area contributed by atoms with Gasteiger partial charge in [0.1, 0.15) is 6.10 Å². The maximum absolute atomic E-state index is 11.8. The van der Waals surface area contributed by atoms with E-state index in [1.165, 1.54) is 6.26 Å². The van der Waals surface area contributed by atoms with Gasteiger partial charge in [-0.2, -0.15) is 4.31 Å². The topological polar surface area (TPSA) is 68.7 Å². The van der Waals surface area contributed by atoms with Crippen LogP contribution in [0.25, 0.3) is 0 Å². The van der Waals surface area contributed by atoms with Crippen molar-refractivity contribution >= 4 is 10.0 Å². The van der Waals surface area contributed by atoms with Gasteiger partial charge in [0.15, 0.2) is 0 Å². The van der Waals surface area contributed by atoms with Gasteiger partial charge in [0.2, 0.25) is 10.0 Å². The van der Waals surface area contributed by atoms with Gasteiger partial charge >= 0.3 is 0 Å². The van der Waals surface area contributed by atoms with Crippen LogP contribution in [-0.4, -0.2) is 55.4 Å². The Bertz CT molecular complexity index is 578.